The molecule has 77 valence electrons. The van der Waals surface area contributed by atoms with E-state index in [1.54, 1.807) is 0 Å². The molecule has 0 fully saturated rings. The van der Waals surface area contributed by atoms with Gasteiger partial charge in [-0.1, -0.05) is 0 Å². The van der Waals surface area contributed by atoms with Crippen LogP contribution in [0.25, 0.3) is 0 Å². The van der Waals surface area contributed by atoms with Crippen molar-refractivity contribution in [3.8, 4) is 0 Å². The van der Waals surface area contributed by atoms with Crippen LogP contribution in [0.3, 0.4) is 0 Å². The largest absolute Gasteiger partial charge is 0.479 e. The fraction of sp³-hybridized carbons (Fsp3) is 0.400. The molecule has 0 aromatic heterocycles. The predicted molar refractivity (Wildman–Crippen MR) is 32.3 cm³/mol. The molecular weight excluding hydrogens is 331 g/mol. The van der Waals surface area contributed by atoms with E-state index in [9.17, 15) is 14.4 Å². The van der Waals surface area contributed by atoms with E-state index in [4.69, 9.17) is 20.4 Å². The molecule has 0 spiro atoms. The van der Waals surface area contributed by atoms with Gasteiger partial charge < -0.3 is 20.4 Å². The third kappa shape index (κ3) is 3.22. The first-order valence-corrected chi connectivity index (χ1v) is 2.69. The molecule has 1 radical (unpaired) electrons. The summed E-state index contributed by atoms with van der Waals surface area (Å²) in [5.41, 5.74) is -3.29. The summed E-state index contributed by atoms with van der Waals surface area (Å²) < 4.78 is 0. The van der Waals surface area contributed by atoms with Crippen LogP contribution in [0, 0.1) is 38.6 Å². The van der Waals surface area contributed by atoms with Crippen molar-refractivity contribution >= 4 is 18.2 Å². The molecule has 4 N–H and O–H groups in total. The first kappa shape index (κ1) is 15.3. The monoisotopic (exact) mass is 337 g/mol. The van der Waals surface area contributed by atoms with Gasteiger partial charge in [-0.05, 0) is 0 Å². The van der Waals surface area contributed by atoms with Gasteiger partial charge in [0.2, 0.25) is 0 Å². The molecule has 2 unspecified atom stereocenters. The van der Waals surface area contributed by atoms with Crippen molar-refractivity contribution in [1.29, 1.82) is 0 Å². The second kappa shape index (κ2) is 5.53. The van der Waals surface area contributed by atoms with Crippen molar-refractivity contribution in [3.63, 3.8) is 0 Å². The van der Waals surface area contributed by atoms with Gasteiger partial charge in [0.05, 0.1) is 0 Å². The van der Waals surface area contributed by atoms with Crippen molar-refractivity contribution in [1.82, 2.24) is 0 Å². The number of carbonyl (C=O) groups excluding carboxylic acids is 1. The first-order chi connectivity index (χ1) is 5.36. The Morgan fingerprint density at radius 1 is 1.31 bits per heavy atom. The summed E-state index contributed by atoms with van der Waals surface area (Å²) in [4.78, 5) is 30.0. The van der Waals surface area contributed by atoms with Crippen LogP contribution in [-0.4, -0.2) is 50.4 Å². The third-order valence-electron chi connectivity index (χ3n) is 1.17. The maximum absolute atomic E-state index is 10.1. The first-order valence-electron chi connectivity index (χ1n) is 2.69. The van der Waals surface area contributed by atoms with Gasteiger partial charge in [-0.15, -0.1) is 0 Å². The average Bonchev–Trinajstić information content (AvgIpc) is 2.01. The number of hydrogen-bond donors (Lipinski definition) is 4. The van der Waals surface area contributed by atoms with Crippen LogP contribution < -0.4 is 0 Å². The molecule has 0 aliphatic heterocycles. The van der Waals surface area contributed by atoms with E-state index in [0.29, 0.717) is 0 Å². The minimum Gasteiger partial charge on any atom is -0.479 e. The molecule has 2 atom stereocenters. The molecule has 0 saturated carbocycles. The summed E-state index contributed by atoms with van der Waals surface area (Å²) in [7, 11) is 0. The average molecular weight is 337 g/mol. The zero-order valence-corrected chi connectivity index (χ0v) is 8.14. The SMILES string of the molecule is O=CC(O)(C(=O)O)C(O)C(=O)O.[Tb]. The van der Waals surface area contributed by atoms with Crippen LogP contribution in [0.2, 0.25) is 0 Å². The van der Waals surface area contributed by atoms with Gasteiger partial charge in [-0.3, -0.25) is 4.79 Å². The molecule has 13 heavy (non-hydrogen) atoms. The fourth-order valence-corrected chi connectivity index (χ4v) is 0.420. The summed E-state index contributed by atoms with van der Waals surface area (Å²) in [6, 6.07) is 0. The van der Waals surface area contributed by atoms with Gasteiger partial charge in [-0.2, -0.15) is 0 Å². The van der Waals surface area contributed by atoms with Crippen molar-refractivity contribution in [3.05, 3.63) is 0 Å². The second-order valence-corrected chi connectivity index (χ2v) is 1.99. The Hall–Kier alpha value is -0.184. The minimum atomic E-state index is -3.29. The predicted octanol–water partition coefficient (Wildman–Crippen LogP) is -2.55. The summed E-state index contributed by atoms with van der Waals surface area (Å²) in [6.07, 6.45) is -3.22. The van der Waals surface area contributed by atoms with Gasteiger partial charge in [0.15, 0.2) is 12.4 Å². The molecule has 0 saturated heterocycles. The molecule has 0 aromatic rings. The number of aldehydes is 1. The maximum Gasteiger partial charge on any atom is 0.346 e. The fourth-order valence-electron chi connectivity index (χ4n) is 0.420. The number of aliphatic hydroxyl groups is 2. The molecule has 0 amide bonds. The second-order valence-electron chi connectivity index (χ2n) is 1.99. The minimum absolute atomic E-state index is 0. The Morgan fingerprint density at radius 3 is 1.77 bits per heavy atom. The van der Waals surface area contributed by atoms with Crippen LogP contribution in [0.4, 0.5) is 0 Å². The summed E-state index contributed by atoms with van der Waals surface area (Å²) in [6.45, 7) is 0. The van der Waals surface area contributed by atoms with Crippen LogP contribution in [0.15, 0.2) is 0 Å². The van der Waals surface area contributed by atoms with Crippen molar-refractivity contribution in [2.45, 2.75) is 11.7 Å². The normalized spacial score (nSPS) is 16.2. The van der Waals surface area contributed by atoms with E-state index < -0.39 is 29.9 Å². The Kier molecular flexibility index (Phi) is 6.50. The van der Waals surface area contributed by atoms with Crippen LogP contribution in [0.5, 0.6) is 0 Å². The Labute approximate surface area is 103 Å². The molecule has 0 bridgehead atoms. The molecule has 0 rings (SSSR count). The van der Waals surface area contributed by atoms with Gasteiger partial charge >= 0.3 is 11.9 Å². The van der Waals surface area contributed by atoms with Crippen LogP contribution in [0.1, 0.15) is 0 Å². The van der Waals surface area contributed by atoms with Gasteiger partial charge in [0.1, 0.15) is 0 Å². The van der Waals surface area contributed by atoms with E-state index in [1.807, 2.05) is 0 Å². The van der Waals surface area contributed by atoms with Gasteiger partial charge in [0, 0.05) is 38.6 Å². The van der Waals surface area contributed by atoms with Crippen LogP contribution in [-0.2, 0) is 14.4 Å². The molecular formula is C5H6O7Tb. The van der Waals surface area contributed by atoms with Crippen molar-refractivity contribution < 1.29 is 73.4 Å². The van der Waals surface area contributed by atoms with Crippen molar-refractivity contribution in [2.24, 2.45) is 0 Å². The van der Waals surface area contributed by atoms with E-state index in [-0.39, 0.29) is 38.6 Å². The standard InChI is InChI=1S/C5H6O7.Tb/c6-1-5(12,4(10)11)2(7)3(8)9;/h1-2,7,12H,(H,8,9)(H,10,11);. The number of aliphatic carboxylic acids is 2. The number of carboxylic acid groups (broad SMARTS) is 2. The van der Waals surface area contributed by atoms with E-state index in [1.165, 1.54) is 0 Å². The molecule has 7 nitrogen and oxygen atoms in total. The summed E-state index contributed by atoms with van der Waals surface area (Å²) in [5, 5.41) is 33.5. The Morgan fingerprint density at radius 2 is 1.69 bits per heavy atom. The van der Waals surface area contributed by atoms with Crippen LogP contribution >= 0.6 is 0 Å². The molecule has 0 aromatic carbocycles. The van der Waals surface area contributed by atoms with E-state index >= 15 is 0 Å². The van der Waals surface area contributed by atoms with Gasteiger partial charge in [0.25, 0.3) is 5.60 Å². The molecule has 0 aliphatic carbocycles. The van der Waals surface area contributed by atoms with Gasteiger partial charge in [-0.25, -0.2) is 9.59 Å². The third-order valence-corrected chi connectivity index (χ3v) is 1.17. The summed E-state index contributed by atoms with van der Waals surface area (Å²) >= 11 is 0. The molecule has 0 heterocycles. The smallest absolute Gasteiger partial charge is 0.346 e. The Bertz CT molecular complexity index is 227. The number of rotatable bonds is 4. The van der Waals surface area contributed by atoms with Crippen molar-refractivity contribution in [2.75, 3.05) is 0 Å². The number of carboxylic acids is 2. The zero-order chi connectivity index (χ0) is 9.94. The van der Waals surface area contributed by atoms with E-state index in [2.05, 4.69) is 0 Å². The zero-order valence-electron chi connectivity index (χ0n) is 6.00. The topological polar surface area (TPSA) is 132 Å². The number of carbonyl (C=O) groups is 3. The van der Waals surface area contributed by atoms with E-state index in [0.717, 1.165) is 0 Å². The number of aliphatic hydroxyl groups excluding tert-OH is 1. The summed E-state index contributed by atoms with van der Waals surface area (Å²) in [5.74, 6) is -4.11. The maximum atomic E-state index is 10.1. The Balaban J connectivity index is 0. The number of hydrogen-bond acceptors (Lipinski definition) is 5. The molecule has 0 aliphatic rings. The quantitative estimate of drug-likeness (QED) is 0.328. The molecule has 8 heteroatoms.